The lowest BCUT2D eigenvalue weighted by atomic mass is 9.96. The van der Waals surface area contributed by atoms with Crippen molar-refractivity contribution in [1.82, 2.24) is 9.97 Å². The minimum atomic E-state index is -0.397. The van der Waals surface area contributed by atoms with E-state index in [1.54, 1.807) is 11.3 Å². The first kappa shape index (κ1) is 15.5. The second-order valence-corrected chi connectivity index (χ2v) is 7.65. The van der Waals surface area contributed by atoms with E-state index in [0.29, 0.717) is 23.5 Å². The number of primary amides is 1. The molecule has 0 bridgehead atoms. The van der Waals surface area contributed by atoms with Crippen molar-refractivity contribution in [2.45, 2.75) is 38.1 Å². The Bertz CT molecular complexity index is 729. The quantitative estimate of drug-likeness (QED) is 0.652. The van der Waals surface area contributed by atoms with Gasteiger partial charge in [0.1, 0.15) is 10.6 Å². The van der Waals surface area contributed by atoms with Crippen LogP contribution < -0.4 is 11.5 Å². The summed E-state index contributed by atoms with van der Waals surface area (Å²) in [5.41, 5.74) is 12.5. The Balaban J connectivity index is 1.98. The maximum Gasteiger partial charge on any atom is 0.227 e. The zero-order valence-electron chi connectivity index (χ0n) is 12.5. The van der Waals surface area contributed by atoms with Gasteiger partial charge in [0.2, 0.25) is 5.91 Å². The van der Waals surface area contributed by atoms with E-state index >= 15 is 0 Å². The van der Waals surface area contributed by atoms with Gasteiger partial charge in [0.15, 0.2) is 5.16 Å². The van der Waals surface area contributed by atoms with Gasteiger partial charge in [0.25, 0.3) is 0 Å². The van der Waals surface area contributed by atoms with Gasteiger partial charge in [0, 0.05) is 11.3 Å². The summed E-state index contributed by atoms with van der Waals surface area (Å²) in [5, 5.41) is 1.43. The van der Waals surface area contributed by atoms with Gasteiger partial charge in [-0.3, -0.25) is 4.79 Å². The molecular weight excluding hydrogens is 320 g/mol. The normalized spacial score (nSPS) is 17.9. The second kappa shape index (κ2) is 6.02. The maximum atomic E-state index is 10.9. The highest BCUT2D eigenvalue weighted by Crippen LogP contribution is 2.39. The molecule has 0 aliphatic carbocycles. The van der Waals surface area contributed by atoms with Crippen LogP contribution in [0.2, 0.25) is 0 Å². The summed E-state index contributed by atoms with van der Waals surface area (Å²) in [7, 11) is 0. The number of carbonyl (C=O) groups is 1. The molecule has 22 heavy (non-hydrogen) atoms. The number of fused-ring (bicyclic) bond motifs is 3. The fourth-order valence-electron chi connectivity index (χ4n) is 2.52. The highest BCUT2D eigenvalue weighted by atomic mass is 32.2. The molecule has 3 heterocycles. The average molecular weight is 338 g/mol. The third-order valence-electron chi connectivity index (χ3n) is 3.66. The number of rotatable bonds is 4. The van der Waals surface area contributed by atoms with Crippen LogP contribution in [0.4, 0.5) is 5.82 Å². The van der Waals surface area contributed by atoms with Crippen LogP contribution in [-0.2, 0) is 22.6 Å². The van der Waals surface area contributed by atoms with Gasteiger partial charge in [-0.15, -0.1) is 11.3 Å². The Morgan fingerprint density at radius 1 is 1.50 bits per heavy atom. The van der Waals surface area contributed by atoms with Crippen molar-refractivity contribution in [2.75, 3.05) is 11.5 Å². The molecule has 1 aliphatic heterocycles. The van der Waals surface area contributed by atoms with Gasteiger partial charge in [-0.05, 0) is 11.5 Å². The van der Waals surface area contributed by atoms with E-state index in [2.05, 4.69) is 23.8 Å². The first-order chi connectivity index (χ1) is 10.5. The SMILES string of the molecule is CC(C)C1Cc2c(sc3nc(SCC(N)=O)nc(N)c23)CO1. The fraction of sp³-hybridized carbons (Fsp3) is 0.500. The summed E-state index contributed by atoms with van der Waals surface area (Å²) in [6.45, 7) is 4.91. The molecule has 0 aromatic carbocycles. The predicted octanol–water partition coefficient (Wildman–Crippen LogP) is 1.95. The highest BCUT2D eigenvalue weighted by molar-refractivity contribution is 7.99. The molecule has 0 fully saturated rings. The third kappa shape index (κ3) is 2.90. The van der Waals surface area contributed by atoms with Gasteiger partial charge < -0.3 is 16.2 Å². The number of nitrogen functional groups attached to an aromatic ring is 1. The molecule has 0 spiro atoms. The number of amides is 1. The van der Waals surface area contributed by atoms with Crippen LogP contribution in [-0.4, -0.2) is 27.7 Å². The van der Waals surface area contributed by atoms with E-state index in [1.807, 2.05) is 0 Å². The molecule has 0 saturated carbocycles. The molecule has 6 nitrogen and oxygen atoms in total. The monoisotopic (exact) mass is 338 g/mol. The van der Waals surface area contributed by atoms with Crippen LogP contribution in [0.5, 0.6) is 0 Å². The van der Waals surface area contributed by atoms with Crippen molar-refractivity contribution in [3.05, 3.63) is 10.4 Å². The fourth-order valence-corrected chi connectivity index (χ4v) is 4.29. The van der Waals surface area contributed by atoms with E-state index in [4.69, 9.17) is 16.2 Å². The van der Waals surface area contributed by atoms with Crippen molar-refractivity contribution >= 4 is 45.0 Å². The molecule has 118 valence electrons. The molecule has 1 amide bonds. The molecular formula is C14H18N4O2S2. The van der Waals surface area contributed by atoms with Gasteiger partial charge in [-0.1, -0.05) is 25.6 Å². The third-order valence-corrected chi connectivity index (χ3v) is 5.63. The van der Waals surface area contributed by atoms with E-state index in [1.165, 1.54) is 22.2 Å². The Hall–Kier alpha value is -1.38. The van der Waals surface area contributed by atoms with Crippen molar-refractivity contribution in [1.29, 1.82) is 0 Å². The molecule has 1 atom stereocenters. The Morgan fingerprint density at radius 2 is 2.27 bits per heavy atom. The Morgan fingerprint density at radius 3 is 2.95 bits per heavy atom. The highest BCUT2D eigenvalue weighted by Gasteiger charge is 2.27. The largest absolute Gasteiger partial charge is 0.383 e. The molecule has 2 aromatic heterocycles. The van der Waals surface area contributed by atoms with Crippen molar-refractivity contribution < 1.29 is 9.53 Å². The minimum absolute atomic E-state index is 0.147. The molecule has 3 rings (SSSR count). The standard InChI is InChI=1S/C14H18N4O2S2/c1-6(2)8-3-7-9(4-20-8)22-13-11(7)12(16)17-14(18-13)21-5-10(15)19/h6,8H,3-5H2,1-2H3,(H2,15,19)(H2,16,17,18). The summed E-state index contributed by atoms with van der Waals surface area (Å²) in [5.74, 6) is 0.676. The van der Waals surface area contributed by atoms with E-state index < -0.39 is 5.91 Å². The van der Waals surface area contributed by atoms with E-state index in [0.717, 1.165) is 16.6 Å². The van der Waals surface area contributed by atoms with Gasteiger partial charge in [0.05, 0.1) is 23.8 Å². The van der Waals surface area contributed by atoms with Gasteiger partial charge in [-0.2, -0.15) is 0 Å². The van der Waals surface area contributed by atoms with Gasteiger partial charge in [-0.25, -0.2) is 9.97 Å². The number of ether oxygens (including phenoxy) is 1. The van der Waals surface area contributed by atoms with Crippen molar-refractivity contribution in [3.8, 4) is 0 Å². The number of hydrogen-bond donors (Lipinski definition) is 2. The number of carbonyl (C=O) groups excluding carboxylic acids is 1. The van der Waals surface area contributed by atoms with Crippen LogP contribution in [0.25, 0.3) is 10.2 Å². The number of aromatic nitrogens is 2. The Kier molecular flexibility index (Phi) is 4.24. The predicted molar refractivity (Wildman–Crippen MR) is 88.9 cm³/mol. The lowest BCUT2D eigenvalue weighted by Gasteiger charge is -2.26. The summed E-state index contributed by atoms with van der Waals surface area (Å²) in [6.07, 6.45) is 1.04. The summed E-state index contributed by atoms with van der Waals surface area (Å²) in [4.78, 5) is 21.7. The smallest absolute Gasteiger partial charge is 0.227 e. The van der Waals surface area contributed by atoms with Crippen LogP contribution in [0.15, 0.2) is 5.16 Å². The van der Waals surface area contributed by atoms with Crippen LogP contribution in [0.3, 0.4) is 0 Å². The minimum Gasteiger partial charge on any atom is -0.383 e. The molecule has 0 saturated heterocycles. The molecule has 1 aliphatic rings. The van der Waals surface area contributed by atoms with E-state index in [-0.39, 0.29) is 11.9 Å². The number of thiophene rings is 1. The zero-order valence-corrected chi connectivity index (χ0v) is 14.1. The summed E-state index contributed by atoms with van der Waals surface area (Å²) >= 11 is 2.80. The number of nitrogens with two attached hydrogens (primary N) is 2. The lowest BCUT2D eigenvalue weighted by Crippen LogP contribution is -2.26. The second-order valence-electron chi connectivity index (χ2n) is 5.63. The summed E-state index contributed by atoms with van der Waals surface area (Å²) < 4.78 is 5.90. The Labute approximate surface area is 136 Å². The molecule has 4 N–H and O–H groups in total. The zero-order chi connectivity index (χ0) is 15.9. The van der Waals surface area contributed by atoms with Crippen molar-refractivity contribution in [2.24, 2.45) is 11.7 Å². The number of thioether (sulfide) groups is 1. The number of nitrogens with zero attached hydrogens (tertiary/aromatic N) is 2. The molecule has 2 aromatic rings. The number of hydrogen-bond acceptors (Lipinski definition) is 7. The number of anilines is 1. The van der Waals surface area contributed by atoms with E-state index in [9.17, 15) is 4.79 Å². The average Bonchev–Trinajstić information content (AvgIpc) is 2.82. The van der Waals surface area contributed by atoms with Crippen LogP contribution in [0.1, 0.15) is 24.3 Å². The molecule has 1 unspecified atom stereocenters. The first-order valence-corrected chi connectivity index (χ1v) is 8.86. The first-order valence-electron chi connectivity index (χ1n) is 7.06. The summed E-state index contributed by atoms with van der Waals surface area (Å²) in [6, 6.07) is 0. The van der Waals surface area contributed by atoms with Gasteiger partial charge >= 0.3 is 0 Å². The van der Waals surface area contributed by atoms with Crippen molar-refractivity contribution in [3.63, 3.8) is 0 Å². The molecule has 0 radical (unpaired) electrons. The maximum absolute atomic E-state index is 10.9. The lowest BCUT2D eigenvalue weighted by molar-refractivity contribution is -0.115. The topological polar surface area (TPSA) is 104 Å². The molecule has 8 heteroatoms. The van der Waals surface area contributed by atoms with Crippen LogP contribution >= 0.6 is 23.1 Å². The van der Waals surface area contributed by atoms with Crippen LogP contribution in [0, 0.1) is 5.92 Å².